The third-order valence-electron chi connectivity index (χ3n) is 5.92. The zero-order chi connectivity index (χ0) is 19.4. The molecule has 1 unspecified atom stereocenters. The number of amides is 1. The van der Waals surface area contributed by atoms with Gasteiger partial charge in [0.15, 0.2) is 0 Å². The van der Waals surface area contributed by atoms with Crippen LogP contribution in [0.5, 0.6) is 0 Å². The Bertz CT molecular complexity index is 645. The van der Waals surface area contributed by atoms with Crippen LogP contribution >= 0.6 is 0 Å². The molecule has 0 spiro atoms. The predicted molar refractivity (Wildman–Crippen MR) is 105 cm³/mol. The molecule has 1 aliphatic heterocycles. The molecule has 1 aromatic rings. The normalized spacial score (nSPS) is 21.0. The zero-order valence-corrected chi connectivity index (χ0v) is 16.4. The molecule has 2 fully saturated rings. The first-order valence-electron chi connectivity index (χ1n) is 10.00. The van der Waals surface area contributed by atoms with Gasteiger partial charge in [0, 0.05) is 51.9 Å². The van der Waals surface area contributed by atoms with Gasteiger partial charge in [-0.15, -0.1) is 0 Å². The fourth-order valence-electron chi connectivity index (χ4n) is 4.38. The van der Waals surface area contributed by atoms with Crippen molar-refractivity contribution in [3.8, 4) is 0 Å². The Morgan fingerprint density at radius 2 is 1.59 bits per heavy atom. The molecule has 148 valence electrons. The maximum absolute atomic E-state index is 12.0. The lowest BCUT2D eigenvalue weighted by Gasteiger charge is -2.42. The molecule has 1 amide bonds. The standard InChI is InChI=1S/C21H31N3O3/c1-22(2)20(25)17-10-8-16(9-11-17)19(21(26)27)24-14-12-23(13-15-24)18-6-4-3-5-7-18/h8-11,18-19H,3-7,12-15H2,1-2H3,(H,26,27). The minimum Gasteiger partial charge on any atom is -0.480 e. The number of carbonyl (C=O) groups is 2. The van der Waals surface area contributed by atoms with Crippen LogP contribution in [0.1, 0.15) is 54.1 Å². The summed E-state index contributed by atoms with van der Waals surface area (Å²) in [7, 11) is 3.42. The van der Waals surface area contributed by atoms with E-state index in [0.717, 1.165) is 31.7 Å². The fraction of sp³-hybridized carbons (Fsp3) is 0.619. The summed E-state index contributed by atoms with van der Waals surface area (Å²) in [5.41, 5.74) is 1.32. The second-order valence-electron chi connectivity index (χ2n) is 7.93. The molecule has 1 atom stereocenters. The Morgan fingerprint density at radius 3 is 2.11 bits per heavy atom. The SMILES string of the molecule is CN(C)C(=O)c1ccc(C(C(=O)O)N2CCN(C3CCCCC3)CC2)cc1. The van der Waals surface area contributed by atoms with Crippen LogP contribution in [-0.2, 0) is 4.79 Å². The Hall–Kier alpha value is -1.92. The monoisotopic (exact) mass is 373 g/mol. The molecule has 1 aliphatic carbocycles. The summed E-state index contributed by atoms with van der Waals surface area (Å²) in [6.45, 7) is 3.41. The van der Waals surface area contributed by atoms with Gasteiger partial charge in [0.05, 0.1) is 0 Å². The van der Waals surface area contributed by atoms with Crippen LogP contribution in [0, 0.1) is 0 Å². The molecule has 6 nitrogen and oxygen atoms in total. The van der Waals surface area contributed by atoms with E-state index < -0.39 is 12.0 Å². The first-order valence-corrected chi connectivity index (χ1v) is 10.00. The average molecular weight is 373 g/mol. The number of piperazine rings is 1. The number of carboxylic acid groups (broad SMARTS) is 1. The summed E-state index contributed by atoms with van der Waals surface area (Å²) in [4.78, 5) is 30.2. The summed E-state index contributed by atoms with van der Waals surface area (Å²) in [6.07, 6.45) is 6.55. The van der Waals surface area contributed by atoms with E-state index in [1.807, 2.05) is 0 Å². The van der Waals surface area contributed by atoms with Crippen molar-refractivity contribution in [1.82, 2.24) is 14.7 Å². The Morgan fingerprint density at radius 1 is 1.00 bits per heavy atom. The third-order valence-corrected chi connectivity index (χ3v) is 5.92. The highest BCUT2D eigenvalue weighted by Gasteiger charge is 2.32. The fourth-order valence-corrected chi connectivity index (χ4v) is 4.38. The van der Waals surface area contributed by atoms with Crippen LogP contribution < -0.4 is 0 Å². The molecular weight excluding hydrogens is 342 g/mol. The highest BCUT2D eigenvalue weighted by atomic mass is 16.4. The van der Waals surface area contributed by atoms with Crippen LogP contribution in [0.15, 0.2) is 24.3 Å². The summed E-state index contributed by atoms with van der Waals surface area (Å²) in [6, 6.07) is 7.05. The third kappa shape index (κ3) is 4.68. The van der Waals surface area contributed by atoms with Gasteiger partial charge < -0.3 is 10.0 Å². The Labute approximate surface area is 161 Å². The number of rotatable bonds is 5. The van der Waals surface area contributed by atoms with Crippen molar-refractivity contribution >= 4 is 11.9 Å². The van der Waals surface area contributed by atoms with E-state index in [4.69, 9.17) is 0 Å². The molecule has 6 heteroatoms. The smallest absolute Gasteiger partial charge is 0.325 e. The molecule has 0 aromatic heterocycles. The van der Waals surface area contributed by atoms with Crippen molar-refractivity contribution in [3.05, 3.63) is 35.4 Å². The lowest BCUT2D eigenvalue weighted by Crippen LogP contribution is -2.52. The van der Waals surface area contributed by atoms with E-state index in [1.54, 1.807) is 38.4 Å². The number of carbonyl (C=O) groups excluding carboxylic acids is 1. The van der Waals surface area contributed by atoms with Gasteiger partial charge in [-0.1, -0.05) is 31.4 Å². The topological polar surface area (TPSA) is 64.1 Å². The Balaban J connectivity index is 1.66. The number of carboxylic acids is 1. The first-order chi connectivity index (χ1) is 13.0. The summed E-state index contributed by atoms with van der Waals surface area (Å²) >= 11 is 0. The molecule has 1 N–H and O–H groups in total. The van der Waals surface area contributed by atoms with Crippen molar-refractivity contribution in [3.63, 3.8) is 0 Å². The number of hydrogen-bond acceptors (Lipinski definition) is 4. The number of aliphatic carboxylic acids is 1. The van der Waals surface area contributed by atoms with E-state index in [2.05, 4.69) is 9.80 Å². The molecule has 1 saturated heterocycles. The van der Waals surface area contributed by atoms with E-state index in [9.17, 15) is 14.7 Å². The predicted octanol–water partition coefficient (Wildman–Crippen LogP) is 2.46. The molecule has 0 radical (unpaired) electrons. The van der Waals surface area contributed by atoms with Crippen LogP contribution in [0.4, 0.5) is 0 Å². The van der Waals surface area contributed by atoms with Crippen molar-refractivity contribution in [2.45, 2.75) is 44.2 Å². The maximum Gasteiger partial charge on any atom is 0.325 e. The minimum absolute atomic E-state index is 0.0745. The zero-order valence-electron chi connectivity index (χ0n) is 16.4. The summed E-state index contributed by atoms with van der Waals surface area (Å²) in [5.74, 6) is -0.901. The molecule has 2 aliphatic rings. The highest BCUT2D eigenvalue weighted by molar-refractivity contribution is 5.94. The van der Waals surface area contributed by atoms with E-state index in [-0.39, 0.29) is 5.91 Å². The van der Waals surface area contributed by atoms with Gasteiger partial charge in [-0.05, 0) is 30.5 Å². The molecule has 1 heterocycles. The lowest BCUT2D eigenvalue weighted by molar-refractivity contribution is -0.144. The van der Waals surface area contributed by atoms with Crippen LogP contribution in [0.25, 0.3) is 0 Å². The van der Waals surface area contributed by atoms with Crippen molar-refractivity contribution in [2.24, 2.45) is 0 Å². The molecule has 1 saturated carbocycles. The highest BCUT2D eigenvalue weighted by Crippen LogP contribution is 2.27. The second kappa shape index (κ2) is 8.85. The van der Waals surface area contributed by atoms with Gasteiger partial charge in [-0.25, -0.2) is 0 Å². The van der Waals surface area contributed by atoms with E-state index in [1.165, 1.54) is 37.0 Å². The molecule has 1 aromatic carbocycles. The number of nitrogens with zero attached hydrogens (tertiary/aromatic N) is 3. The summed E-state index contributed by atoms with van der Waals surface area (Å²) in [5, 5.41) is 9.83. The summed E-state index contributed by atoms with van der Waals surface area (Å²) < 4.78 is 0. The van der Waals surface area contributed by atoms with Gasteiger partial charge in [0.1, 0.15) is 6.04 Å². The van der Waals surface area contributed by atoms with Crippen LogP contribution in [0.3, 0.4) is 0 Å². The number of benzene rings is 1. The van der Waals surface area contributed by atoms with Gasteiger partial charge in [0.25, 0.3) is 5.91 Å². The average Bonchev–Trinajstić information content (AvgIpc) is 2.69. The Kier molecular flexibility index (Phi) is 6.50. The number of hydrogen-bond donors (Lipinski definition) is 1. The van der Waals surface area contributed by atoms with Crippen LogP contribution in [-0.4, -0.2) is 78.0 Å². The molecular formula is C21H31N3O3. The largest absolute Gasteiger partial charge is 0.480 e. The maximum atomic E-state index is 12.0. The minimum atomic E-state index is -0.826. The molecule has 0 bridgehead atoms. The van der Waals surface area contributed by atoms with Gasteiger partial charge in [-0.2, -0.15) is 0 Å². The first kappa shape index (κ1) is 19.8. The van der Waals surface area contributed by atoms with Crippen molar-refractivity contribution < 1.29 is 14.7 Å². The lowest BCUT2D eigenvalue weighted by atomic mass is 9.93. The molecule has 27 heavy (non-hydrogen) atoms. The van der Waals surface area contributed by atoms with Gasteiger partial charge >= 0.3 is 5.97 Å². The van der Waals surface area contributed by atoms with Gasteiger partial charge in [0.2, 0.25) is 0 Å². The van der Waals surface area contributed by atoms with Gasteiger partial charge in [-0.3, -0.25) is 19.4 Å². The van der Waals surface area contributed by atoms with E-state index >= 15 is 0 Å². The van der Waals surface area contributed by atoms with Crippen LogP contribution in [0.2, 0.25) is 0 Å². The van der Waals surface area contributed by atoms with Crippen molar-refractivity contribution in [2.75, 3.05) is 40.3 Å². The van der Waals surface area contributed by atoms with Crippen molar-refractivity contribution in [1.29, 1.82) is 0 Å². The van der Waals surface area contributed by atoms with E-state index in [0.29, 0.717) is 11.6 Å². The second-order valence-corrected chi connectivity index (χ2v) is 7.93. The molecule has 3 rings (SSSR count). The quantitative estimate of drug-likeness (QED) is 0.859.